The van der Waals surface area contributed by atoms with Crippen LogP contribution in [0.25, 0.3) is 77.2 Å². The minimum absolute atomic E-state index is 0.580. The third-order valence-corrected chi connectivity index (χ3v) is 9.62. The van der Waals surface area contributed by atoms with Gasteiger partial charge in [0.15, 0.2) is 0 Å². The number of hydrogen-bond acceptors (Lipinski definition) is 3. The lowest BCUT2D eigenvalue weighted by Gasteiger charge is -2.16. The molecule has 0 bridgehead atoms. The van der Waals surface area contributed by atoms with Crippen LogP contribution in [0.4, 0.5) is 0 Å². The van der Waals surface area contributed by atoms with Crippen LogP contribution in [0.5, 0.6) is 0 Å². The molecule has 230 valence electrons. The monoisotopic (exact) mass is 635 g/mol. The van der Waals surface area contributed by atoms with Crippen LogP contribution in [-0.2, 0) is 0 Å². The number of fused-ring (bicyclic) bond motifs is 6. The normalized spacial score (nSPS) is 11.1. The lowest BCUT2D eigenvalue weighted by atomic mass is 9.93. The van der Waals surface area contributed by atoms with Crippen LogP contribution in [0.1, 0.15) is 16.7 Å². The van der Waals surface area contributed by atoms with Gasteiger partial charge in [-0.15, -0.1) is 0 Å². The molecule has 0 amide bonds. The average molecular weight is 636 g/mol. The standard InChI is InChI=1S/C45H25N5/c46-26-29-17-21-44-40(22-29)37-12-3-6-15-43(37)50(44)42-14-5-2-11-36(42)39-25-32(18-19-33(39)28-48)31-8-7-9-34(24-31)49-41-13-4-1-10-35(41)38-20-16-30(27-47)23-45(38)49/h1-25H. The summed E-state index contributed by atoms with van der Waals surface area (Å²) in [7, 11) is 0. The van der Waals surface area contributed by atoms with Crippen molar-refractivity contribution in [1.29, 1.82) is 15.8 Å². The molecule has 0 fully saturated rings. The second-order valence-corrected chi connectivity index (χ2v) is 12.3. The molecule has 7 aromatic carbocycles. The number of rotatable bonds is 4. The molecule has 0 spiro atoms. The van der Waals surface area contributed by atoms with Crippen LogP contribution in [-0.4, -0.2) is 9.13 Å². The second kappa shape index (κ2) is 11.4. The molecular formula is C45H25N5. The molecule has 0 saturated carbocycles. The fourth-order valence-electron chi connectivity index (χ4n) is 7.39. The molecule has 9 aromatic rings. The van der Waals surface area contributed by atoms with Crippen LogP contribution in [0.2, 0.25) is 0 Å². The van der Waals surface area contributed by atoms with E-state index in [2.05, 4.69) is 94.1 Å². The van der Waals surface area contributed by atoms with Crippen molar-refractivity contribution in [1.82, 2.24) is 9.13 Å². The average Bonchev–Trinajstić information content (AvgIpc) is 3.69. The summed E-state index contributed by atoms with van der Waals surface area (Å²) >= 11 is 0. The van der Waals surface area contributed by atoms with Gasteiger partial charge in [0.1, 0.15) is 0 Å². The highest BCUT2D eigenvalue weighted by atomic mass is 15.0. The Hall–Kier alpha value is -7.39. The number of para-hydroxylation sites is 3. The fraction of sp³-hybridized carbons (Fsp3) is 0. The first-order valence-corrected chi connectivity index (χ1v) is 16.3. The maximum atomic E-state index is 10.4. The van der Waals surface area contributed by atoms with E-state index in [9.17, 15) is 15.8 Å². The third-order valence-electron chi connectivity index (χ3n) is 9.62. The maximum Gasteiger partial charge on any atom is 0.0998 e. The summed E-state index contributed by atoms with van der Waals surface area (Å²) in [5.74, 6) is 0. The quantitative estimate of drug-likeness (QED) is 0.193. The van der Waals surface area contributed by atoms with E-state index in [-0.39, 0.29) is 0 Å². The van der Waals surface area contributed by atoms with Gasteiger partial charge in [-0.3, -0.25) is 0 Å². The van der Waals surface area contributed by atoms with Gasteiger partial charge in [0, 0.05) is 38.4 Å². The van der Waals surface area contributed by atoms with Gasteiger partial charge in [0.05, 0.1) is 62.7 Å². The molecule has 0 aliphatic rings. The van der Waals surface area contributed by atoms with E-state index in [0.29, 0.717) is 16.7 Å². The Morgan fingerprint density at radius 3 is 1.82 bits per heavy atom. The van der Waals surface area contributed by atoms with Gasteiger partial charge in [0.25, 0.3) is 0 Å². The molecule has 50 heavy (non-hydrogen) atoms. The molecule has 2 heterocycles. The fourth-order valence-corrected chi connectivity index (χ4v) is 7.39. The number of hydrogen-bond donors (Lipinski definition) is 0. The van der Waals surface area contributed by atoms with Gasteiger partial charge in [-0.1, -0.05) is 78.9 Å². The topological polar surface area (TPSA) is 81.2 Å². The Bertz CT molecular complexity index is 2970. The summed E-state index contributed by atoms with van der Waals surface area (Å²) in [5.41, 5.74) is 11.6. The molecular weight excluding hydrogens is 611 g/mol. The van der Waals surface area contributed by atoms with Gasteiger partial charge in [0.2, 0.25) is 0 Å². The van der Waals surface area contributed by atoms with E-state index in [1.165, 1.54) is 0 Å². The number of nitrogens with zero attached hydrogens (tertiary/aromatic N) is 5. The lowest BCUT2D eigenvalue weighted by Crippen LogP contribution is -1.98. The Labute approximate surface area is 287 Å². The molecule has 0 atom stereocenters. The SMILES string of the molecule is N#Cc1ccc2c(c1)c1ccccc1n2-c1ccccc1-c1cc(-c2cccc(-n3c4ccccc4c4ccc(C#N)cc43)c2)ccc1C#N. The minimum atomic E-state index is 0.580. The first-order chi connectivity index (χ1) is 24.7. The van der Waals surface area contributed by atoms with Gasteiger partial charge in [-0.2, -0.15) is 15.8 Å². The van der Waals surface area contributed by atoms with Crippen molar-refractivity contribution in [2.75, 3.05) is 0 Å². The minimum Gasteiger partial charge on any atom is -0.309 e. The van der Waals surface area contributed by atoms with Crippen molar-refractivity contribution >= 4 is 43.6 Å². The maximum absolute atomic E-state index is 10.4. The van der Waals surface area contributed by atoms with Gasteiger partial charge in [-0.25, -0.2) is 0 Å². The zero-order valence-electron chi connectivity index (χ0n) is 26.7. The van der Waals surface area contributed by atoms with Crippen molar-refractivity contribution in [3.05, 3.63) is 168 Å². The van der Waals surface area contributed by atoms with Crippen LogP contribution in [0.15, 0.2) is 152 Å². The Balaban J connectivity index is 1.24. The summed E-state index contributed by atoms with van der Waals surface area (Å²) in [6, 6.07) is 57.8. The summed E-state index contributed by atoms with van der Waals surface area (Å²) in [6.07, 6.45) is 0. The highest BCUT2D eigenvalue weighted by Gasteiger charge is 2.19. The predicted molar refractivity (Wildman–Crippen MR) is 200 cm³/mol. The molecule has 0 saturated heterocycles. The molecule has 9 rings (SSSR count). The number of nitriles is 3. The van der Waals surface area contributed by atoms with Gasteiger partial charge >= 0.3 is 0 Å². The zero-order valence-corrected chi connectivity index (χ0v) is 26.7. The first kappa shape index (κ1) is 28.8. The molecule has 5 nitrogen and oxygen atoms in total. The van der Waals surface area contributed by atoms with Crippen molar-refractivity contribution in [2.24, 2.45) is 0 Å². The van der Waals surface area contributed by atoms with Crippen molar-refractivity contribution in [3.8, 4) is 51.8 Å². The van der Waals surface area contributed by atoms with E-state index >= 15 is 0 Å². The van der Waals surface area contributed by atoms with Gasteiger partial charge in [-0.05, 0) is 83.9 Å². The molecule has 2 aromatic heterocycles. The first-order valence-electron chi connectivity index (χ1n) is 16.3. The van der Waals surface area contributed by atoms with Crippen LogP contribution in [0, 0.1) is 34.0 Å². The van der Waals surface area contributed by atoms with Crippen molar-refractivity contribution in [2.45, 2.75) is 0 Å². The van der Waals surface area contributed by atoms with E-state index in [1.807, 2.05) is 84.9 Å². The smallest absolute Gasteiger partial charge is 0.0998 e. The van der Waals surface area contributed by atoms with E-state index in [0.717, 1.165) is 77.2 Å². The summed E-state index contributed by atoms with van der Waals surface area (Å²) < 4.78 is 4.45. The Morgan fingerprint density at radius 2 is 1.02 bits per heavy atom. The van der Waals surface area contributed by atoms with Gasteiger partial charge < -0.3 is 9.13 Å². The Morgan fingerprint density at radius 1 is 0.380 bits per heavy atom. The van der Waals surface area contributed by atoms with E-state index in [4.69, 9.17) is 0 Å². The van der Waals surface area contributed by atoms with Crippen LogP contribution < -0.4 is 0 Å². The van der Waals surface area contributed by atoms with E-state index in [1.54, 1.807) is 0 Å². The lowest BCUT2D eigenvalue weighted by molar-refractivity contribution is 1.18. The molecule has 0 radical (unpaired) electrons. The highest BCUT2D eigenvalue weighted by molar-refractivity contribution is 6.11. The predicted octanol–water partition coefficient (Wildman–Crippen LogP) is 10.8. The van der Waals surface area contributed by atoms with Crippen LogP contribution >= 0.6 is 0 Å². The van der Waals surface area contributed by atoms with Crippen LogP contribution in [0.3, 0.4) is 0 Å². The zero-order chi connectivity index (χ0) is 33.8. The van der Waals surface area contributed by atoms with E-state index < -0.39 is 0 Å². The Kier molecular flexibility index (Phi) is 6.56. The highest BCUT2D eigenvalue weighted by Crippen LogP contribution is 2.39. The van der Waals surface area contributed by atoms with Crippen molar-refractivity contribution < 1.29 is 0 Å². The molecule has 5 heteroatoms. The van der Waals surface area contributed by atoms with Crippen molar-refractivity contribution in [3.63, 3.8) is 0 Å². The summed E-state index contributed by atoms with van der Waals surface area (Å²) in [4.78, 5) is 0. The number of aromatic nitrogens is 2. The molecule has 0 N–H and O–H groups in total. The summed E-state index contributed by atoms with van der Waals surface area (Å²) in [5, 5.41) is 34.0. The largest absolute Gasteiger partial charge is 0.309 e. The number of benzene rings is 7. The second-order valence-electron chi connectivity index (χ2n) is 12.3. The summed E-state index contributed by atoms with van der Waals surface area (Å²) in [6.45, 7) is 0. The molecule has 0 unspecified atom stereocenters. The molecule has 0 aliphatic heterocycles. The molecule has 0 aliphatic carbocycles. The third kappa shape index (κ3) is 4.38.